The number of hydrogen-bond donors (Lipinski definition) is 3. The molecule has 6 rings (SSSR count). The number of aromatic hydroxyl groups is 1. The molecule has 1 saturated carbocycles. The summed E-state index contributed by atoms with van der Waals surface area (Å²) in [6.07, 6.45) is 6.44. The molecule has 0 bridgehead atoms. The average molecular weight is 460 g/mol. The first kappa shape index (κ1) is 21.4. The number of benzene rings is 2. The molecule has 176 valence electrons. The molecule has 2 aromatic carbocycles. The Kier molecular flexibility index (Phi) is 4.99. The van der Waals surface area contributed by atoms with Gasteiger partial charge in [-0.1, -0.05) is 56.0 Å². The van der Waals surface area contributed by atoms with Gasteiger partial charge in [-0.2, -0.15) is 0 Å². The molecule has 3 N–H and O–H groups in total. The van der Waals surface area contributed by atoms with Crippen molar-refractivity contribution in [1.29, 1.82) is 0 Å². The summed E-state index contributed by atoms with van der Waals surface area (Å²) in [5, 5.41) is 16.1. The summed E-state index contributed by atoms with van der Waals surface area (Å²) in [6, 6.07) is 13.9. The number of anilines is 1. The van der Waals surface area contributed by atoms with Gasteiger partial charge in [0.05, 0.1) is 11.8 Å². The maximum Gasteiger partial charge on any atom is 0.250 e. The third-order valence-electron chi connectivity index (χ3n) is 8.24. The van der Waals surface area contributed by atoms with Gasteiger partial charge in [0.25, 0.3) is 0 Å². The predicted molar refractivity (Wildman–Crippen MR) is 126 cm³/mol. The van der Waals surface area contributed by atoms with Crippen LogP contribution in [0.4, 0.5) is 5.69 Å². The lowest BCUT2D eigenvalue weighted by Gasteiger charge is -2.32. The first-order valence-electron chi connectivity index (χ1n) is 12.3. The Labute approximate surface area is 198 Å². The highest BCUT2D eigenvalue weighted by Crippen LogP contribution is 2.54. The van der Waals surface area contributed by atoms with Crippen LogP contribution in [0.2, 0.25) is 0 Å². The molecule has 3 fully saturated rings. The minimum Gasteiger partial charge on any atom is -0.508 e. The zero-order valence-electron chi connectivity index (χ0n) is 19.0. The fourth-order valence-electron chi connectivity index (χ4n) is 6.72. The first-order chi connectivity index (χ1) is 16.5. The number of carbonyl (C=O) groups is 3. The molecule has 7 nitrogen and oxygen atoms in total. The van der Waals surface area contributed by atoms with E-state index in [-0.39, 0.29) is 35.6 Å². The number of hydrogen-bond acceptors (Lipinski definition) is 5. The van der Waals surface area contributed by atoms with Crippen molar-refractivity contribution >= 4 is 23.4 Å². The highest BCUT2D eigenvalue weighted by Gasteiger charge is 2.70. The van der Waals surface area contributed by atoms with Gasteiger partial charge in [0.15, 0.2) is 0 Å². The van der Waals surface area contributed by atoms with E-state index in [1.165, 1.54) is 4.90 Å². The largest absolute Gasteiger partial charge is 0.508 e. The second-order valence-corrected chi connectivity index (χ2v) is 10.1. The highest BCUT2D eigenvalue weighted by molar-refractivity contribution is 6.15. The normalized spacial score (nSPS) is 31.0. The van der Waals surface area contributed by atoms with Crippen LogP contribution in [0.15, 0.2) is 48.5 Å². The molecule has 2 saturated heterocycles. The van der Waals surface area contributed by atoms with Crippen molar-refractivity contribution in [3.05, 3.63) is 59.7 Å². The van der Waals surface area contributed by atoms with Crippen LogP contribution in [0.5, 0.6) is 5.75 Å². The molecule has 0 radical (unpaired) electrons. The molecule has 3 aliphatic heterocycles. The van der Waals surface area contributed by atoms with Crippen molar-refractivity contribution in [3.8, 4) is 5.75 Å². The lowest BCUT2D eigenvalue weighted by molar-refractivity contribution is -0.145. The standard InChI is InChI=1S/C27H29N3O4/c31-18-13-11-16(12-14-18)15-21-22-23(25(33)30(24(22)32)17-7-3-1-2-4-8-17)27(29-21)19-9-5-6-10-20(19)28-26(27)34/h5-6,9-14,17,21-23,29,31H,1-4,7-8,15H2,(H,28,34)/t21-,22-,23-,27+/m1/s1. The molecule has 2 aromatic rings. The van der Waals surface area contributed by atoms with E-state index in [9.17, 15) is 19.5 Å². The summed E-state index contributed by atoms with van der Waals surface area (Å²) in [7, 11) is 0. The zero-order valence-corrected chi connectivity index (χ0v) is 19.0. The van der Waals surface area contributed by atoms with Gasteiger partial charge in [-0.05, 0) is 43.0 Å². The molecule has 4 atom stereocenters. The summed E-state index contributed by atoms with van der Waals surface area (Å²) >= 11 is 0. The number of nitrogens with zero attached hydrogens (tertiary/aromatic N) is 1. The van der Waals surface area contributed by atoms with Crippen molar-refractivity contribution < 1.29 is 19.5 Å². The summed E-state index contributed by atoms with van der Waals surface area (Å²) < 4.78 is 0. The number of nitrogens with one attached hydrogen (secondary N) is 2. The van der Waals surface area contributed by atoms with Crippen LogP contribution >= 0.6 is 0 Å². The second kappa shape index (κ2) is 7.94. The Hall–Kier alpha value is -3.19. The van der Waals surface area contributed by atoms with E-state index in [0.29, 0.717) is 12.1 Å². The fourth-order valence-corrected chi connectivity index (χ4v) is 6.72. The maximum atomic E-state index is 14.0. The fraction of sp³-hybridized carbons (Fsp3) is 0.444. The van der Waals surface area contributed by atoms with Crippen LogP contribution in [-0.4, -0.2) is 39.8 Å². The summed E-state index contributed by atoms with van der Waals surface area (Å²) in [6.45, 7) is 0. The Bertz CT molecular complexity index is 1150. The predicted octanol–water partition coefficient (Wildman–Crippen LogP) is 3.08. The van der Waals surface area contributed by atoms with E-state index in [1.54, 1.807) is 12.1 Å². The van der Waals surface area contributed by atoms with Gasteiger partial charge in [-0.25, -0.2) is 0 Å². The minimum atomic E-state index is -1.25. The average Bonchev–Trinajstić information content (AvgIpc) is 3.29. The molecule has 3 heterocycles. The van der Waals surface area contributed by atoms with Crippen LogP contribution < -0.4 is 10.6 Å². The number of imide groups is 1. The van der Waals surface area contributed by atoms with Crippen molar-refractivity contribution in [1.82, 2.24) is 10.2 Å². The van der Waals surface area contributed by atoms with Gasteiger partial charge in [0.2, 0.25) is 17.7 Å². The third kappa shape index (κ3) is 3.03. The van der Waals surface area contributed by atoms with Gasteiger partial charge in [-0.3, -0.25) is 24.6 Å². The van der Waals surface area contributed by atoms with Crippen molar-refractivity contribution in [3.63, 3.8) is 0 Å². The molecule has 3 amide bonds. The van der Waals surface area contributed by atoms with Crippen LogP contribution in [-0.2, 0) is 26.3 Å². The maximum absolute atomic E-state index is 14.0. The van der Waals surface area contributed by atoms with Gasteiger partial charge in [-0.15, -0.1) is 0 Å². The Morgan fingerprint density at radius 3 is 2.35 bits per heavy atom. The third-order valence-corrected chi connectivity index (χ3v) is 8.24. The van der Waals surface area contributed by atoms with E-state index in [2.05, 4.69) is 10.6 Å². The SMILES string of the molecule is O=C1[C@@H]2[C@@H](Cc3ccc(O)cc3)N[C@]3(C(=O)Nc4ccccc43)[C@H]2C(=O)N1C1CCCCCC1. The molecular weight excluding hydrogens is 430 g/mol. The lowest BCUT2D eigenvalue weighted by Crippen LogP contribution is -2.54. The Balaban J connectivity index is 1.44. The van der Waals surface area contributed by atoms with E-state index < -0.39 is 17.4 Å². The monoisotopic (exact) mass is 459 g/mol. The Morgan fingerprint density at radius 2 is 1.62 bits per heavy atom. The molecule has 34 heavy (non-hydrogen) atoms. The van der Waals surface area contributed by atoms with Crippen LogP contribution in [0.3, 0.4) is 0 Å². The second-order valence-electron chi connectivity index (χ2n) is 10.1. The molecule has 0 unspecified atom stereocenters. The molecular formula is C27H29N3O4. The summed E-state index contributed by atoms with van der Waals surface area (Å²) in [5.74, 6) is -1.83. The first-order valence-corrected chi connectivity index (χ1v) is 12.3. The van der Waals surface area contributed by atoms with Crippen LogP contribution in [0.25, 0.3) is 0 Å². The topological polar surface area (TPSA) is 98.7 Å². The van der Waals surface area contributed by atoms with Crippen LogP contribution in [0.1, 0.15) is 49.7 Å². The van der Waals surface area contributed by atoms with Crippen molar-refractivity contribution in [2.24, 2.45) is 11.8 Å². The zero-order chi connectivity index (χ0) is 23.4. The number of fused-ring (bicyclic) bond motifs is 4. The van der Waals surface area contributed by atoms with Crippen LogP contribution in [0, 0.1) is 11.8 Å². The summed E-state index contributed by atoms with van der Waals surface area (Å²) in [4.78, 5) is 43.0. The molecule has 1 aliphatic carbocycles. The molecule has 7 heteroatoms. The minimum absolute atomic E-state index is 0.0841. The number of likely N-dealkylation sites (tertiary alicyclic amines) is 1. The number of carbonyl (C=O) groups excluding carboxylic acids is 3. The number of rotatable bonds is 3. The van der Waals surface area contributed by atoms with Gasteiger partial charge in [0, 0.05) is 23.3 Å². The van der Waals surface area contributed by atoms with E-state index >= 15 is 0 Å². The van der Waals surface area contributed by atoms with Crippen molar-refractivity contribution in [2.45, 2.75) is 62.6 Å². The number of phenols is 1. The number of para-hydroxylation sites is 1. The molecule has 1 spiro atoms. The smallest absolute Gasteiger partial charge is 0.250 e. The van der Waals surface area contributed by atoms with Gasteiger partial charge in [0.1, 0.15) is 11.3 Å². The lowest BCUT2D eigenvalue weighted by atomic mass is 9.76. The quantitative estimate of drug-likeness (QED) is 0.484. The van der Waals surface area contributed by atoms with E-state index in [0.717, 1.165) is 49.7 Å². The molecule has 0 aromatic heterocycles. The number of phenolic OH excluding ortho intramolecular Hbond substituents is 1. The highest BCUT2D eigenvalue weighted by atomic mass is 16.3. The summed E-state index contributed by atoms with van der Waals surface area (Å²) in [5.41, 5.74) is 1.12. The number of amides is 3. The van der Waals surface area contributed by atoms with Crippen molar-refractivity contribution in [2.75, 3.05) is 5.32 Å². The Morgan fingerprint density at radius 1 is 0.912 bits per heavy atom. The molecule has 4 aliphatic rings. The van der Waals surface area contributed by atoms with Gasteiger partial charge < -0.3 is 10.4 Å². The van der Waals surface area contributed by atoms with E-state index in [1.807, 2.05) is 36.4 Å². The van der Waals surface area contributed by atoms with E-state index in [4.69, 9.17) is 0 Å². The van der Waals surface area contributed by atoms with Gasteiger partial charge >= 0.3 is 0 Å².